The molecule has 1 aliphatic rings. The molecule has 1 aromatic carbocycles. The Kier molecular flexibility index (Phi) is 4.85. The van der Waals surface area contributed by atoms with Crippen molar-refractivity contribution in [3.8, 4) is 6.07 Å². The molecule has 0 saturated carbocycles. The van der Waals surface area contributed by atoms with Crippen LogP contribution in [0.25, 0.3) is 0 Å². The summed E-state index contributed by atoms with van der Waals surface area (Å²) in [5, 5.41) is 21.8. The van der Waals surface area contributed by atoms with Crippen molar-refractivity contribution in [3.63, 3.8) is 0 Å². The first-order valence-corrected chi connectivity index (χ1v) is 7.54. The van der Waals surface area contributed by atoms with Gasteiger partial charge in [-0.15, -0.1) is 0 Å². The Labute approximate surface area is 126 Å². The lowest BCUT2D eigenvalue weighted by molar-refractivity contribution is 0.318. The number of benzene rings is 1. The number of hydrogen-bond donors (Lipinski definition) is 1. The van der Waals surface area contributed by atoms with E-state index in [1.807, 2.05) is 32.0 Å². The molecule has 0 radical (unpaired) electrons. The minimum atomic E-state index is -0.261. The third-order valence-electron chi connectivity index (χ3n) is 4.05. The zero-order valence-electron chi connectivity index (χ0n) is 12.8. The Hall–Kier alpha value is -2.02. The molecule has 21 heavy (non-hydrogen) atoms. The molecule has 2 rings (SSSR count). The van der Waals surface area contributed by atoms with Gasteiger partial charge in [0.05, 0.1) is 17.2 Å². The van der Waals surface area contributed by atoms with Gasteiger partial charge in [0.15, 0.2) is 0 Å². The van der Waals surface area contributed by atoms with Crippen LogP contribution >= 0.6 is 0 Å². The van der Waals surface area contributed by atoms with E-state index in [0.29, 0.717) is 0 Å². The third kappa shape index (κ3) is 3.75. The molecule has 112 valence electrons. The standard InChI is InChI=1S/C17H23N3O/c1-17(2,13-18)10-6-12-20-11-5-8-15(19-21)14-7-3-4-9-16(14)20/h3-4,7,9,21H,5-6,8,10-12H2,1-2H3/b19-15-. The normalized spacial score (nSPS) is 17.2. The van der Waals surface area contributed by atoms with Crippen molar-refractivity contribution in [1.82, 2.24) is 0 Å². The molecule has 0 fully saturated rings. The van der Waals surface area contributed by atoms with Gasteiger partial charge >= 0.3 is 0 Å². The Bertz CT molecular complexity index is 557. The first-order valence-electron chi connectivity index (χ1n) is 7.54. The van der Waals surface area contributed by atoms with Gasteiger partial charge in [0, 0.05) is 24.3 Å². The lowest BCUT2D eigenvalue weighted by atomic mass is 9.90. The van der Waals surface area contributed by atoms with Crippen LogP contribution in [-0.4, -0.2) is 24.0 Å². The fourth-order valence-electron chi connectivity index (χ4n) is 2.79. The predicted molar refractivity (Wildman–Crippen MR) is 84.8 cm³/mol. The maximum absolute atomic E-state index is 9.20. The van der Waals surface area contributed by atoms with Gasteiger partial charge in [-0.25, -0.2) is 0 Å². The molecule has 0 unspecified atom stereocenters. The second-order valence-corrected chi connectivity index (χ2v) is 6.25. The van der Waals surface area contributed by atoms with Gasteiger partial charge in [-0.2, -0.15) is 5.26 Å². The summed E-state index contributed by atoms with van der Waals surface area (Å²) in [7, 11) is 0. The molecule has 0 aliphatic carbocycles. The van der Waals surface area contributed by atoms with Crippen molar-refractivity contribution in [2.24, 2.45) is 10.6 Å². The highest BCUT2D eigenvalue weighted by molar-refractivity contribution is 6.05. The van der Waals surface area contributed by atoms with Crippen LogP contribution in [-0.2, 0) is 0 Å². The molecule has 1 aromatic rings. The van der Waals surface area contributed by atoms with Crippen LogP contribution in [0.2, 0.25) is 0 Å². The lowest BCUT2D eigenvalue weighted by Crippen LogP contribution is -2.26. The monoisotopic (exact) mass is 285 g/mol. The highest BCUT2D eigenvalue weighted by atomic mass is 16.4. The molecule has 4 nitrogen and oxygen atoms in total. The largest absolute Gasteiger partial charge is 0.411 e. The van der Waals surface area contributed by atoms with E-state index in [1.165, 1.54) is 0 Å². The minimum Gasteiger partial charge on any atom is -0.411 e. The Morgan fingerprint density at radius 1 is 1.38 bits per heavy atom. The number of hydrogen-bond acceptors (Lipinski definition) is 4. The maximum atomic E-state index is 9.20. The van der Waals surface area contributed by atoms with Crippen LogP contribution in [0.3, 0.4) is 0 Å². The quantitative estimate of drug-likeness (QED) is 0.676. The van der Waals surface area contributed by atoms with Crippen molar-refractivity contribution in [2.45, 2.75) is 39.5 Å². The Morgan fingerprint density at radius 3 is 2.86 bits per heavy atom. The zero-order valence-corrected chi connectivity index (χ0v) is 12.8. The fraction of sp³-hybridized carbons (Fsp3) is 0.529. The number of anilines is 1. The summed E-state index contributed by atoms with van der Waals surface area (Å²) in [4.78, 5) is 2.35. The molecule has 1 N–H and O–H groups in total. The van der Waals surface area contributed by atoms with Gasteiger partial charge in [-0.3, -0.25) is 0 Å². The summed E-state index contributed by atoms with van der Waals surface area (Å²) in [6.07, 6.45) is 3.66. The van der Waals surface area contributed by atoms with Crippen LogP contribution in [0.1, 0.15) is 45.1 Å². The highest BCUT2D eigenvalue weighted by Gasteiger charge is 2.21. The number of para-hydroxylation sites is 1. The van der Waals surface area contributed by atoms with Crippen LogP contribution < -0.4 is 4.90 Å². The van der Waals surface area contributed by atoms with Gasteiger partial charge in [0.25, 0.3) is 0 Å². The second kappa shape index (κ2) is 6.62. The van der Waals surface area contributed by atoms with Crippen molar-refractivity contribution in [3.05, 3.63) is 29.8 Å². The van der Waals surface area contributed by atoms with E-state index in [1.54, 1.807) is 0 Å². The highest BCUT2D eigenvalue weighted by Crippen LogP contribution is 2.28. The van der Waals surface area contributed by atoms with Crippen LogP contribution in [0, 0.1) is 16.7 Å². The maximum Gasteiger partial charge on any atom is 0.0889 e. The Balaban J connectivity index is 2.12. The van der Waals surface area contributed by atoms with Gasteiger partial charge < -0.3 is 10.1 Å². The summed E-state index contributed by atoms with van der Waals surface area (Å²) in [6.45, 7) is 5.86. The third-order valence-corrected chi connectivity index (χ3v) is 4.05. The number of fused-ring (bicyclic) bond motifs is 1. The molecule has 0 atom stereocenters. The van der Waals surface area contributed by atoms with E-state index in [-0.39, 0.29) is 5.41 Å². The molecule has 0 saturated heterocycles. The second-order valence-electron chi connectivity index (χ2n) is 6.25. The van der Waals surface area contributed by atoms with Gasteiger partial charge in [0.1, 0.15) is 0 Å². The van der Waals surface area contributed by atoms with E-state index in [9.17, 15) is 5.21 Å². The van der Waals surface area contributed by atoms with Crippen molar-refractivity contribution in [2.75, 3.05) is 18.0 Å². The minimum absolute atomic E-state index is 0.261. The first kappa shape index (κ1) is 15.4. The van der Waals surface area contributed by atoms with Crippen LogP contribution in [0.15, 0.2) is 29.4 Å². The first-order chi connectivity index (χ1) is 10.1. The summed E-state index contributed by atoms with van der Waals surface area (Å²) >= 11 is 0. The van der Waals surface area contributed by atoms with E-state index in [2.05, 4.69) is 22.2 Å². The molecule has 0 bridgehead atoms. The van der Waals surface area contributed by atoms with Crippen LogP contribution in [0.4, 0.5) is 5.69 Å². The molecular formula is C17H23N3O. The van der Waals surface area contributed by atoms with Gasteiger partial charge in [-0.05, 0) is 45.6 Å². The van der Waals surface area contributed by atoms with E-state index in [4.69, 9.17) is 5.26 Å². The molecule has 0 aromatic heterocycles. The Morgan fingerprint density at radius 2 is 2.14 bits per heavy atom. The summed E-state index contributed by atoms with van der Waals surface area (Å²) < 4.78 is 0. The average Bonchev–Trinajstić information content (AvgIpc) is 2.67. The van der Waals surface area contributed by atoms with Crippen LogP contribution in [0.5, 0.6) is 0 Å². The summed E-state index contributed by atoms with van der Waals surface area (Å²) in [5.41, 5.74) is 2.67. The number of rotatable bonds is 4. The molecular weight excluding hydrogens is 262 g/mol. The molecule has 0 spiro atoms. The van der Waals surface area contributed by atoms with Crippen molar-refractivity contribution in [1.29, 1.82) is 5.26 Å². The average molecular weight is 285 g/mol. The smallest absolute Gasteiger partial charge is 0.0889 e. The predicted octanol–water partition coefficient (Wildman–Crippen LogP) is 3.80. The van der Waals surface area contributed by atoms with E-state index >= 15 is 0 Å². The van der Waals surface area contributed by atoms with Crippen molar-refractivity contribution >= 4 is 11.4 Å². The van der Waals surface area contributed by atoms with E-state index in [0.717, 1.165) is 55.7 Å². The lowest BCUT2D eigenvalue weighted by Gasteiger charge is -2.26. The van der Waals surface area contributed by atoms with Crippen molar-refractivity contribution < 1.29 is 5.21 Å². The SMILES string of the molecule is CC(C)(C#N)CCCN1CCC/C(=N/O)c2ccccc21. The van der Waals surface area contributed by atoms with E-state index < -0.39 is 0 Å². The van der Waals surface area contributed by atoms with Gasteiger partial charge in [0.2, 0.25) is 0 Å². The molecule has 4 heteroatoms. The molecule has 0 amide bonds. The zero-order chi connectivity index (χ0) is 15.3. The number of oxime groups is 1. The molecule has 1 heterocycles. The number of nitrogens with zero attached hydrogens (tertiary/aromatic N) is 3. The molecule has 1 aliphatic heterocycles. The fourth-order valence-corrected chi connectivity index (χ4v) is 2.79. The topological polar surface area (TPSA) is 59.6 Å². The van der Waals surface area contributed by atoms with Gasteiger partial charge in [-0.1, -0.05) is 23.4 Å². The summed E-state index contributed by atoms with van der Waals surface area (Å²) in [6, 6.07) is 10.5. The number of nitriles is 1. The summed E-state index contributed by atoms with van der Waals surface area (Å²) in [5.74, 6) is 0.